The summed E-state index contributed by atoms with van der Waals surface area (Å²) in [5.41, 5.74) is 2.58. The number of fused-ring (bicyclic) bond motifs is 1. The number of carbonyl (C=O) groups is 1. The predicted molar refractivity (Wildman–Crippen MR) is 94.7 cm³/mol. The maximum atomic E-state index is 11.8. The number of rotatable bonds is 5. The lowest BCUT2D eigenvalue weighted by Gasteiger charge is -2.45. The first-order chi connectivity index (χ1) is 12.2. The van der Waals surface area contributed by atoms with Crippen molar-refractivity contribution in [3.63, 3.8) is 0 Å². The number of aromatic nitrogens is 2. The molecule has 0 bridgehead atoms. The summed E-state index contributed by atoms with van der Waals surface area (Å²) >= 11 is 0. The summed E-state index contributed by atoms with van der Waals surface area (Å²) < 4.78 is 5.18. The number of carbonyl (C=O) groups excluding carboxylic acids is 1. The molecule has 3 aliphatic rings. The molecule has 0 radical (unpaired) electrons. The molecule has 0 atom stereocenters. The highest BCUT2D eigenvalue weighted by Gasteiger charge is 2.32. The summed E-state index contributed by atoms with van der Waals surface area (Å²) in [5.74, 6) is 1.13. The Morgan fingerprint density at radius 2 is 2.12 bits per heavy atom. The molecule has 1 amide bonds. The van der Waals surface area contributed by atoms with E-state index in [-0.39, 0.29) is 12.5 Å². The van der Waals surface area contributed by atoms with Gasteiger partial charge in [-0.05, 0) is 44.4 Å². The van der Waals surface area contributed by atoms with Gasteiger partial charge in [0.25, 0.3) is 0 Å². The van der Waals surface area contributed by atoms with Crippen molar-refractivity contribution in [3.8, 4) is 0 Å². The van der Waals surface area contributed by atoms with Gasteiger partial charge in [-0.25, -0.2) is 0 Å². The van der Waals surface area contributed by atoms with Crippen molar-refractivity contribution in [1.82, 2.24) is 20.0 Å². The number of likely N-dealkylation sites (N-methyl/N-ethyl adjacent to an activating group) is 1. The van der Waals surface area contributed by atoms with Crippen LogP contribution in [0.3, 0.4) is 0 Å². The van der Waals surface area contributed by atoms with Gasteiger partial charge in [0.2, 0.25) is 5.91 Å². The highest BCUT2D eigenvalue weighted by atomic mass is 16.5. The number of hydrogen-bond donors (Lipinski definition) is 0. The molecule has 2 fully saturated rings. The van der Waals surface area contributed by atoms with Gasteiger partial charge in [0, 0.05) is 38.8 Å². The molecule has 0 saturated carbocycles. The lowest BCUT2D eigenvalue weighted by atomic mass is 9.96. The first-order valence-corrected chi connectivity index (χ1v) is 9.37. The third-order valence-corrected chi connectivity index (χ3v) is 5.67. The van der Waals surface area contributed by atoms with Crippen LogP contribution in [-0.4, -0.2) is 84.9 Å². The Bertz CT molecular complexity index is 632. The number of amides is 1. The van der Waals surface area contributed by atoms with Gasteiger partial charge < -0.3 is 14.5 Å². The van der Waals surface area contributed by atoms with Gasteiger partial charge in [-0.15, -0.1) is 5.10 Å². The van der Waals surface area contributed by atoms with E-state index >= 15 is 0 Å². The Labute approximate surface area is 148 Å². The fraction of sp³-hybridized carbons (Fsp3) is 0.722. The zero-order chi connectivity index (χ0) is 17.2. The fourth-order valence-electron chi connectivity index (χ4n) is 3.80. The van der Waals surface area contributed by atoms with Gasteiger partial charge in [0.15, 0.2) is 5.82 Å². The quantitative estimate of drug-likeness (QED) is 0.767. The van der Waals surface area contributed by atoms with Crippen molar-refractivity contribution < 1.29 is 9.53 Å². The summed E-state index contributed by atoms with van der Waals surface area (Å²) in [7, 11) is 2.14. The van der Waals surface area contributed by atoms with E-state index in [1.54, 1.807) is 0 Å². The van der Waals surface area contributed by atoms with Crippen LogP contribution in [0.1, 0.15) is 24.1 Å². The molecule has 0 aromatic carbocycles. The van der Waals surface area contributed by atoms with Crippen molar-refractivity contribution in [2.75, 3.05) is 57.9 Å². The molecule has 2 saturated heterocycles. The van der Waals surface area contributed by atoms with Gasteiger partial charge in [0.1, 0.15) is 6.61 Å². The van der Waals surface area contributed by atoms with E-state index in [0.29, 0.717) is 19.2 Å². The van der Waals surface area contributed by atoms with Crippen molar-refractivity contribution in [3.05, 3.63) is 17.3 Å². The van der Waals surface area contributed by atoms with Crippen LogP contribution in [0.4, 0.5) is 5.82 Å². The molecular weight excluding hydrogens is 318 g/mol. The maximum Gasteiger partial charge on any atom is 0.248 e. The lowest BCUT2D eigenvalue weighted by Crippen LogP contribution is -2.60. The highest BCUT2D eigenvalue weighted by molar-refractivity contribution is 5.77. The second-order valence-corrected chi connectivity index (χ2v) is 7.35. The van der Waals surface area contributed by atoms with Gasteiger partial charge in [-0.2, -0.15) is 5.10 Å². The molecule has 3 heterocycles. The summed E-state index contributed by atoms with van der Waals surface area (Å²) in [6.45, 7) is 5.27. The van der Waals surface area contributed by atoms with Gasteiger partial charge in [-0.3, -0.25) is 9.69 Å². The highest BCUT2D eigenvalue weighted by Crippen LogP contribution is 2.25. The number of aryl methyl sites for hydroxylation is 2. The molecule has 1 aromatic heterocycles. The molecule has 1 aliphatic carbocycles. The Hall–Kier alpha value is -1.73. The molecule has 0 unspecified atom stereocenters. The van der Waals surface area contributed by atoms with Gasteiger partial charge in [-0.1, -0.05) is 0 Å². The largest absolute Gasteiger partial charge is 0.370 e. The van der Waals surface area contributed by atoms with Crippen molar-refractivity contribution >= 4 is 11.7 Å². The minimum atomic E-state index is 0.110. The van der Waals surface area contributed by atoms with Crippen molar-refractivity contribution in [1.29, 1.82) is 0 Å². The minimum absolute atomic E-state index is 0.110. The summed E-state index contributed by atoms with van der Waals surface area (Å²) in [6.07, 6.45) is 4.73. The van der Waals surface area contributed by atoms with E-state index in [1.165, 1.54) is 24.1 Å². The molecule has 25 heavy (non-hydrogen) atoms. The van der Waals surface area contributed by atoms with Crippen LogP contribution < -0.4 is 4.90 Å². The van der Waals surface area contributed by atoms with Crippen LogP contribution in [0, 0.1) is 0 Å². The van der Waals surface area contributed by atoms with Crippen LogP contribution in [0.15, 0.2) is 6.07 Å². The van der Waals surface area contributed by atoms with Crippen LogP contribution in [0.5, 0.6) is 0 Å². The van der Waals surface area contributed by atoms with Crippen molar-refractivity contribution in [2.45, 2.75) is 31.7 Å². The third kappa shape index (κ3) is 3.62. The number of morpholine rings is 1. The lowest BCUT2D eigenvalue weighted by molar-refractivity contribution is -0.142. The zero-order valence-corrected chi connectivity index (χ0v) is 15.0. The normalized spacial score (nSPS) is 21.4. The molecule has 7 nitrogen and oxygen atoms in total. The van der Waals surface area contributed by atoms with Crippen LogP contribution >= 0.6 is 0 Å². The zero-order valence-electron chi connectivity index (χ0n) is 15.0. The second kappa shape index (κ2) is 7.25. The number of nitrogens with zero attached hydrogens (tertiary/aromatic N) is 5. The Morgan fingerprint density at radius 1 is 1.28 bits per heavy atom. The number of ether oxygens (including phenoxy) is 1. The van der Waals surface area contributed by atoms with Crippen LogP contribution in [0.2, 0.25) is 0 Å². The van der Waals surface area contributed by atoms with E-state index in [1.807, 2.05) is 4.90 Å². The van der Waals surface area contributed by atoms with E-state index in [2.05, 4.69) is 33.1 Å². The van der Waals surface area contributed by atoms with E-state index < -0.39 is 0 Å². The molecule has 1 aromatic rings. The van der Waals surface area contributed by atoms with Gasteiger partial charge >= 0.3 is 0 Å². The second-order valence-electron chi connectivity index (χ2n) is 7.35. The summed E-state index contributed by atoms with van der Waals surface area (Å²) in [6, 6.07) is 2.76. The SMILES string of the molecule is CN(CCN1CCOCC1=O)C1CN(c2cc3c(nn2)CCCC3)C1. The average molecular weight is 345 g/mol. The number of anilines is 1. The van der Waals surface area contributed by atoms with E-state index in [4.69, 9.17) is 4.74 Å². The Kier molecular flexibility index (Phi) is 4.85. The Morgan fingerprint density at radius 3 is 2.96 bits per heavy atom. The minimum Gasteiger partial charge on any atom is -0.370 e. The first kappa shape index (κ1) is 16.7. The smallest absolute Gasteiger partial charge is 0.248 e. The van der Waals surface area contributed by atoms with E-state index in [9.17, 15) is 4.79 Å². The van der Waals surface area contributed by atoms with Crippen LogP contribution in [0.25, 0.3) is 0 Å². The molecule has 0 spiro atoms. The number of hydrogen-bond acceptors (Lipinski definition) is 6. The molecule has 7 heteroatoms. The first-order valence-electron chi connectivity index (χ1n) is 9.37. The predicted octanol–water partition coefficient (Wildman–Crippen LogP) is 0.335. The molecule has 136 valence electrons. The molecular formula is C18H27N5O2. The van der Waals surface area contributed by atoms with Crippen molar-refractivity contribution in [2.24, 2.45) is 0 Å². The monoisotopic (exact) mass is 345 g/mol. The van der Waals surface area contributed by atoms with E-state index in [0.717, 1.165) is 44.8 Å². The average Bonchev–Trinajstić information content (AvgIpc) is 2.60. The summed E-state index contributed by atoms with van der Waals surface area (Å²) in [5, 5.41) is 8.86. The fourth-order valence-corrected chi connectivity index (χ4v) is 3.80. The summed E-state index contributed by atoms with van der Waals surface area (Å²) in [4.78, 5) is 18.3. The third-order valence-electron chi connectivity index (χ3n) is 5.67. The Balaban J connectivity index is 1.26. The van der Waals surface area contributed by atoms with Crippen LogP contribution in [-0.2, 0) is 22.4 Å². The van der Waals surface area contributed by atoms with Gasteiger partial charge in [0.05, 0.1) is 12.3 Å². The standard InChI is InChI=1S/C18H27N5O2/c1-21(6-7-22-8-9-25-13-18(22)24)15-11-23(12-15)17-10-14-4-2-3-5-16(14)19-20-17/h10,15H,2-9,11-13H2,1H3. The molecule has 2 aliphatic heterocycles. The topological polar surface area (TPSA) is 61.8 Å². The molecule has 4 rings (SSSR count). The molecule has 0 N–H and O–H groups in total. The maximum absolute atomic E-state index is 11.8.